The van der Waals surface area contributed by atoms with Gasteiger partial charge in [-0.2, -0.15) is 0 Å². The zero-order valence-corrected chi connectivity index (χ0v) is 15.6. The second-order valence-electron chi connectivity index (χ2n) is 7.04. The molecule has 1 heterocycles. The summed E-state index contributed by atoms with van der Waals surface area (Å²) in [5.41, 5.74) is 2.26. The van der Waals surface area contributed by atoms with Crippen LogP contribution < -0.4 is 5.32 Å². The minimum absolute atomic E-state index is 0.0146. The molecule has 3 rings (SSSR count). The number of aromatic hydroxyl groups is 1. The van der Waals surface area contributed by atoms with Crippen LogP contribution >= 0.6 is 0 Å². The monoisotopic (exact) mass is 368 g/mol. The Balaban J connectivity index is 1.42. The molecule has 27 heavy (non-hydrogen) atoms. The molecule has 144 valence electrons. The third kappa shape index (κ3) is 6.70. The van der Waals surface area contributed by atoms with Gasteiger partial charge >= 0.3 is 0 Å². The van der Waals surface area contributed by atoms with E-state index in [1.165, 1.54) is 5.56 Å². The Hall–Kier alpha value is -2.37. The van der Waals surface area contributed by atoms with Crippen molar-refractivity contribution in [3.05, 3.63) is 65.7 Å². The molecule has 1 atom stereocenters. The highest BCUT2D eigenvalue weighted by molar-refractivity contribution is 5.76. The van der Waals surface area contributed by atoms with Crippen LogP contribution in [0.1, 0.15) is 24.0 Å². The molecule has 0 saturated carbocycles. The zero-order valence-electron chi connectivity index (χ0n) is 15.6. The molecule has 5 heteroatoms. The first-order valence-corrected chi connectivity index (χ1v) is 9.61. The first-order valence-electron chi connectivity index (χ1n) is 9.61. The molecule has 1 aliphatic heterocycles. The summed E-state index contributed by atoms with van der Waals surface area (Å²) >= 11 is 0. The predicted octanol–water partition coefficient (Wildman–Crippen LogP) is 2.73. The van der Waals surface area contributed by atoms with Crippen LogP contribution in [0.3, 0.4) is 0 Å². The van der Waals surface area contributed by atoms with Crippen molar-refractivity contribution in [3.8, 4) is 5.75 Å². The number of phenols is 1. The number of phenolic OH excluding ortho intramolecular Hbond substituents is 1. The third-order valence-electron chi connectivity index (χ3n) is 4.76. The lowest BCUT2D eigenvalue weighted by Gasteiger charge is -2.24. The van der Waals surface area contributed by atoms with E-state index in [4.69, 9.17) is 4.74 Å². The first kappa shape index (κ1) is 19.4. The van der Waals surface area contributed by atoms with E-state index in [9.17, 15) is 9.90 Å². The summed E-state index contributed by atoms with van der Waals surface area (Å²) in [5.74, 6) is 0.249. The average molecular weight is 368 g/mol. The van der Waals surface area contributed by atoms with Crippen molar-refractivity contribution in [3.63, 3.8) is 0 Å². The standard InChI is InChI=1S/C22H28N2O3/c25-20-9-4-8-18(14-20)10-11-22(26)23-15-21-17-24(12-5-13-27-21)16-19-6-2-1-3-7-19/h1-4,6-9,14,21,25H,5,10-13,15-17H2,(H,23,26). The number of aryl methyl sites for hydroxylation is 1. The van der Waals surface area contributed by atoms with Crippen molar-refractivity contribution in [2.75, 3.05) is 26.2 Å². The van der Waals surface area contributed by atoms with Gasteiger partial charge in [0.1, 0.15) is 5.75 Å². The molecule has 0 spiro atoms. The van der Waals surface area contributed by atoms with Gasteiger partial charge in [0, 0.05) is 39.2 Å². The summed E-state index contributed by atoms with van der Waals surface area (Å²) in [5, 5.41) is 12.5. The van der Waals surface area contributed by atoms with Crippen LogP contribution in [0.25, 0.3) is 0 Å². The summed E-state index contributed by atoms with van der Waals surface area (Å²) < 4.78 is 5.91. The molecular formula is C22H28N2O3. The van der Waals surface area contributed by atoms with E-state index in [0.717, 1.165) is 38.2 Å². The van der Waals surface area contributed by atoms with Gasteiger partial charge in [0.2, 0.25) is 5.91 Å². The van der Waals surface area contributed by atoms with E-state index in [0.29, 0.717) is 19.4 Å². The minimum atomic E-state index is 0.0146. The molecule has 0 aromatic heterocycles. The van der Waals surface area contributed by atoms with Crippen molar-refractivity contribution < 1.29 is 14.6 Å². The van der Waals surface area contributed by atoms with Crippen molar-refractivity contribution in [2.45, 2.75) is 31.9 Å². The van der Waals surface area contributed by atoms with Crippen LogP contribution in [-0.2, 0) is 22.5 Å². The van der Waals surface area contributed by atoms with E-state index in [1.807, 2.05) is 12.1 Å². The maximum Gasteiger partial charge on any atom is 0.220 e. The summed E-state index contributed by atoms with van der Waals surface area (Å²) in [4.78, 5) is 14.6. The lowest BCUT2D eigenvalue weighted by molar-refractivity contribution is -0.121. The number of hydrogen-bond acceptors (Lipinski definition) is 4. The maximum atomic E-state index is 12.2. The van der Waals surface area contributed by atoms with Gasteiger partial charge in [-0.15, -0.1) is 0 Å². The van der Waals surface area contributed by atoms with Gasteiger partial charge in [0.05, 0.1) is 6.10 Å². The van der Waals surface area contributed by atoms with Crippen molar-refractivity contribution in [1.29, 1.82) is 0 Å². The molecule has 2 aromatic carbocycles. The molecule has 1 saturated heterocycles. The molecule has 1 amide bonds. The van der Waals surface area contributed by atoms with Crippen LogP contribution in [0.15, 0.2) is 54.6 Å². The van der Waals surface area contributed by atoms with E-state index < -0.39 is 0 Å². The van der Waals surface area contributed by atoms with Crippen LogP contribution in [0, 0.1) is 0 Å². The van der Waals surface area contributed by atoms with Crippen molar-refractivity contribution in [2.24, 2.45) is 0 Å². The molecule has 0 radical (unpaired) electrons. The zero-order chi connectivity index (χ0) is 18.9. The molecule has 1 unspecified atom stereocenters. The number of nitrogens with one attached hydrogen (secondary N) is 1. The average Bonchev–Trinajstić information content (AvgIpc) is 2.91. The van der Waals surface area contributed by atoms with Crippen LogP contribution in [0.5, 0.6) is 5.75 Å². The fourth-order valence-corrected chi connectivity index (χ4v) is 3.36. The van der Waals surface area contributed by atoms with Crippen LogP contribution in [0.2, 0.25) is 0 Å². The summed E-state index contributed by atoms with van der Waals surface area (Å²) in [6.45, 7) is 4.00. The third-order valence-corrected chi connectivity index (χ3v) is 4.76. The Morgan fingerprint density at radius 2 is 1.96 bits per heavy atom. The van der Waals surface area contributed by atoms with Gasteiger partial charge in [-0.3, -0.25) is 9.69 Å². The molecule has 2 N–H and O–H groups in total. The number of benzene rings is 2. The Morgan fingerprint density at radius 3 is 2.78 bits per heavy atom. The summed E-state index contributed by atoms with van der Waals surface area (Å²) in [6, 6.07) is 17.5. The number of nitrogens with zero attached hydrogens (tertiary/aromatic N) is 1. The number of carbonyl (C=O) groups is 1. The summed E-state index contributed by atoms with van der Waals surface area (Å²) in [7, 11) is 0. The quantitative estimate of drug-likeness (QED) is 0.789. The predicted molar refractivity (Wildman–Crippen MR) is 106 cm³/mol. The lowest BCUT2D eigenvalue weighted by Crippen LogP contribution is -2.40. The van der Waals surface area contributed by atoms with Gasteiger partial charge in [0.25, 0.3) is 0 Å². The molecule has 0 bridgehead atoms. The Morgan fingerprint density at radius 1 is 1.15 bits per heavy atom. The minimum Gasteiger partial charge on any atom is -0.508 e. The molecule has 1 fully saturated rings. The van der Waals surface area contributed by atoms with Crippen molar-refractivity contribution in [1.82, 2.24) is 10.2 Å². The summed E-state index contributed by atoms with van der Waals surface area (Å²) in [6.07, 6.45) is 2.05. The van der Waals surface area contributed by atoms with Gasteiger partial charge in [-0.05, 0) is 36.1 Å². The van der Waals surface area contributed by atoms with Crippen LogP contribution in [-0.4, -0.2) is 48.3 Å². The number of ether oxygens (including phenoxy) is 1. The highest BCUT2D eigenvalue weighted by Crippen LogP contribution is 2.13. The lowest BCUT2D eigenvalue weighted by atomic mass is 10.1. The highest BCUT2D eigenvalue weighted by Gasteiger charge is 2.19. The maximum absolute atomic E-state index is 12.2. The topological polar surface area (TPSA) is 61.8 Å². The molecule has 1 aliphatic rings. The first-order chi connectivity index (χ1) is 13.2. The SMILES string of the molecule is O=C(CCc1cccc(O)c1)NCC1CN(Cc2ccccc2)CCCO1. The second-order valence-corrected chi connectivity index (χ2v) is 7.04. The fourth-order valence-electron chi connectivity index (χ4n) is 3.36. The molecule has 0 aliphatic carbocycles. The van der Waals surface area contributed by atoms with Gasteiger partial charge < -0.3 is 15.2 Å². The van der Waals surface area contributed by atoms with Crippen LogP contribution in [0.4, 0.5) is 0 Å². The highest BCUT2D eigenvalue weighted by atomic mass is 16.5. The largest absolute Gasteiger partial charge is 0.508 e. The Bertz CT molecular complexity index is 721. The number of carbonyl (C=O) groups excluding carboxylic acids is 1. The number of hydrogen-bond donors (Lipinski definition) is 2. The van der Waals surface area contributed by atoms with Gasteiger partial charge in [-0.1, -0.05) is 42.5 Å². The molecule has 2 aromatic rings. The number of amides is 1. The smallest absolute Gasteiger partial charge is 0.220 e. The molecular weight excluding hydrogens is 340 g/mol. The van der Waals surface area contributed by atoms with E-state index >= 15 is 0 Å². The Labute approximate surface area is 161 Å². The second kappa shape index (κ2) is 10.1. The molecule has 5 nitrogen and oxygen atoms in total. The Kier molecular flexibility index (Phi) is 7.25. The normalized spacial score (nSPS) is 18.0. The fraction of sp³-hybridized carbons (Fsp3) is 0.409. The van der Waals surface area contributed by atoms with Gasteiger partial charge in [-0.25, -0.2) is 0 Å². The van der Waals surface area contributed by atoms with Gasteiger partial charge in [0.15, 0.2) is 0 Å². The van der Waals surface area contributed by atoms with E-state index in [1.54, 1.807) is 18.2 Å². The van der Waals surface area contributed by atoms with E-state index in [-0.39, 0.29) is 17.8 Å². The van der Waals surface area contributed by atoms with E-state index in [2.05, 4.69) is 34.5 Å². The van der Waals surface area contributed by atoms with Crippen molar-refractivity contribution >= 4 is 5.91 Å². The number of rotatable bonds is 7.